The van der Waals surface area contributed by atoms with Crippen LogP contribution >= 0.6 is 0 Å². The number of hydrogen-bond donors (Lipinski definition) is 1. The van der Waals surface area contributed by atoms with Crippen molar-refractivity contribution >= 4 is 6.72 Å². The second-order valence-corrected chi connectivity index (χ2v) is 1.82. The minimum Gasteiger partial charge on any atom is -0.387 e. The van der Waals surface area contributed by atoms with Crippen LogP contribution in [0.25, 0.3) is 0 Å². The van der Waals surface area contributed by atoms with Crippen molar-refractivity contribution in [2.75, 3.05) is 0 Å². The van der Waals surface area contributed by atoms with Crippen molar-refractivity contribution in [2.24, 2.45) is 4.99 Å². The molecule has 0 heterocycles. The molecule has 0 fully saturated rings. The molecule has 0 aliphatic carbocycles. The zero-order valence-corrected chi connectivity index (χ0v) is 5.39. The van der Waals surface area contributed by atoms with Gasteiger partial charge < -0.3 is 5.32 Å². The van der Waals surface area contributed by atoms with Crippen molar-refractivity contribution in [3.8, 4) is 0 Å². The van der Waals surface area contributed by atoms with Gasteiger partial charge in [0.15, 0.2) is 0 Å². The summed E-state index contributed by atoms with van der Waals surface area (Å²) in [6, 6.07) is 0.480. The average Bonchev–Trinajstić information content (AvgIpc) is 1.66. The predicted octanol–water partition coefficient (Wildman–Crippen LogP) is 1.16. The molecule has 0 aliphatic heterocycles. The van der Waals surface area contributed by atoms with Gasteiger partial charge in [-0.15, -0.1) is 0 Å². The molecule has 0 aromatic carbocycles. The maximum atomic E-state index is 3.51. The van der Waals surface area contributed by atoms with Crippen LogP contribution in [0.15, 0.2) is 17.4 Å². The van der Waals surface area contributed by atoms with Gasteiger partial charge in [0.05, 0.1) is 0 Å². The van der Waals surface area contributed by atoms with Crippen molar-refractivity contribution in [1.82, 2.24) is 5.32 Å². The normalized spacial score (nSPS) is 10.4. The Bertz CT molecular complexity index is 84.5. The molecule has 0 atom stereocenters. The van der Waals surface area contributed by atoms with Crippen molar-refractivity contribution in [2.45, 2.75) is 19.9 Å². The van der Waals surface area contributed by atoms with E-state index in [2.05, 4.69) is 30.9 Å². The summed E-state index contributed by atoms with van der Waals surface area (Å²) in [6.45, 7) is 7.41. The smallest absolute Gasteiger partial charge is 0.0417 e. The maximum Gasteiger partial charge on any atom is 0.0417 e. The van der Waals surface area contributed by atoms with Crippen molar-refractivity contribution in [3.05, 3.63) is 12.4 Å². The van der Waals surface area contributed by atoms with Gasteiger partial charge in [0.2, 0.25) is 0 Å². The van der Waals surface area contributed by atoms with Gasteiger partial charge in [-0.25, -0.2) is 0 Å². The minimum absolute atomic E-state index is 0.480. The van der Waals surface area contributed by atoms with Gasteiger partial charge in [-0.2, -0.15) is 0 Å². The van der Waals surface area contributed by atoms with Crippen LogP contribution in [0.4, 0.5) is 0 Å². The molecule has 0 saturated heterocycles. The topological polar surface area (TPSA) is 24.4 Å². The van der Waals surface area contributed by atoms with Crippen LogP contribution in [0.5, 0.6) is 0 Å². The second kappa shape index (κ2) is 4.37. The van der Waals surface area contributed by atoms with E-state index in [0.717, 1.165) is 0 Å². The van der Waals surface area contributed by atoms with E-state index in [9.17, 15) is 0 Å². The Labute approximate surface area is 50.3 Å². The van der Waals surface area contributed by atoms with Gasteiger partial charge in [0.1, 0.15) is 0 Å². The highest BCUT2D eigenvalue weighted by Gasteiger charge is 1.80. The van der Waals surface area contributed by atoms with Gasteiger partial charge in [-0.1, -0.05) is 0 Å². The van der Waals surface area contributed by atoms with Crippen LogP contribution in [0, 0.1) is 0 Å². The van der Waals surface area contributed by atoms with Crippen molar-refractivity contribution in [3.63, 3.8) is 0 Å². The molecule has 0 aliphatic rings. The van der Waals surface area contributed by atoms with E-state index >= 15 is 0 Å². The molecule has 0 bridgehead atoms. The van der Waals surface area contributed by atoms with Gasteiger partial charge in [0, 0.05) is 18.4 Å². The summed E-state index contributed by atoms with van der Waals surface area (Å²) in [4.78, 5) is 3.51. The lowest BCUT2D eigenvalue weighted by molar-refractivity contribution is 0.701. The number of rotatable bonds is 3. The van der Waals surface area contributed by atoms with Gasteiger partial charge in [-0.3, -0.25) is 4.99 Å². The second-order valence-electron chi connectivity index (χ2n) is 1.82. The summed E-state index contributed by atoms with van der Waals surface area (Å²) in [5.74, 6) is 0. The number of nitrogens with one attached hydrogen (secondary N) is 1. The summed E-state index contributed by atoms with van der Waals surface area (Å²) in [6.07, 6.45) is 3.40. The standard InChI is InChI=1S/C6H12N2/c1-6(2)8-5-4-7-3/h4-6,8H,3H2,1-2H3. The maximum absolute atomic E-state index is 3.51. The van der Waals surface area contributed by atoms with E-state index in [4.69, 9.17) is 0 Å². The Balaban J connectivity index is 3.15. The average molecular weight is 112 g/mol. The lowest BCUT2D eigenvalue weighted by atomic mass is 10.4. The van der Waals surface area contributed by atoms with Crippen LogP contribution < -0.4 is 5.32 Å². The summed E-state index contributed by atoms with van der Waals surface area (Å²) in [7, 11) is 0. The van der Waals surface area contributed by atoms with E-state index in [1.165, 1.54) is 0 Å². The fourth-order valence-corrected chi connectivity index (χ4v) is 0.288. The Hall–Kier alpha value is -0.790. The highest BCUT2D eigenvalue weighted by molar-refractivity contribution is 5.25. The van der Waals surface area contributed by atoms with Crippen LogP contribution in [0.1, 0.15) is 13.8 Å². The highest BCUT2D eigenvalue weighted by Crippen LogP contribution is 1.75. The molecule has 8 heavy (non-hydrogen) atoms. The predicted molar refractivity (Wildman–Crippen MR) is 37.0 cm³/mol. The Morgan fingerprint density at radius 1 is 1.62 bits per heavy atom. The SMILES string of the molecule is C=NC=CNC(C)C. The first kappa shape index (κ1) is 7.21. The summed E-state index contributed by atoms with van der Waals surface area (Å²) in [5, 5.41) is 3.03. The zero-order valence-electron chi connectivity index (χ0n) is 5.39. The quantitative estimate of drug-likeness (QED) is 0.544. The van der Waals surface area contributed by atoms with Crippen LogP contribution in [-0.2, 0) is 0 Å². The molecule has 0 saturated carbocycles. The molecule has 2 heteroatoms. The molecule has 0 radical (unpaired) electrons. The van der Waals surface area contributed by atoms with E-state index < -0.39 is 0 Å². The van der Waals surface area contributed by atoms with Crippen LogP contribution in [0.2, 0.25) is 0 Å². The molecule has 0 unspecified atom stereocenters. The van der Waals surface area contributed by atoms with Gasteiger partial charge in [0.25, 0.3) is 0 Å². The number of nitrogens with zero attached hydrogens (tertiary/aromatic N) is 1. The Morgan fingerprint density at radius 3 is 2.62 bits per heavy atom. The first-order chi connectivity index (χ1) is 3.77. The fourth-order valence-electron chi connectivity index (χ4n) is 0.288. The molecule has 0 amide bonds. The molecule has 0 rings (SSSR count). The molecule has 1 N–H and O–H groups in total. The third-order valence-corrected chi connectivity index (χ3v) is 0.610. The van der Waals surface area contributed by atoms with Gasteiger partial charge >= 0.3 is 0 Å². The van der Waals surface area contributed by atoms with E-state index in [1.54, 1.807) is 12.4 Å². The molecule has 0 aromatic heterocycles. The summed E-state index contributed by atoms with van der Waals surface area (Å²) >= 11 is 0. The monoisotopic (exact) mass is 112 g/mol. The summed E-state index contributed by atoms with van der Waals surface area (Å²) < 4.78 is 0. The molecule has 46 valence electrons. The summed E-state index contributed by atoms with van der Waals surface area (Å²) in [5.41, 5.74) is 0. The molecule has 0 aromatic rings. The highest BCUT2D eigenvalue weighted by atomic mass is 14.9. The van der Waals surface area contributed by atoms with E-state index in [1.807, 2.05) is 0 Å². The molecule has 0 spiro atoms. The number of hydrogen-bond acceptors (Lipinski definition) is 2. The van der Waals surface area contributed by atoms with Crippen molar-refractivity contribution < 1.29 is 0 Å². The molecular formula is C6H12N2. The van der Waals surface area contributed by atoms with Gasteiger partial charge in [-0.05, 0) is 20.6 Å². The third-order valence-electron chi connectivity index (χ3n) is 0.610. The third kappa shape index (κ3) is 5.21. The van der Waals surface area contributed by atoms with E-state index in [0.29, 0.717) is 6.04 Å². The number of aliphatic imine (C=N–C) groups is 1. The largest absolute Gasteiger partial charge is 0.387 e. The first-order valence-corrected chi connectivity index (χ1v) is 2.64. The zero-order chi connectivity index (χ0) is 6.41. The van der Waals surface area contributed by atoms with Crippen molar-refractivity contribution in [1.29, 1.82) is 0 Å². The van der Waals surface area contributed by atoms with Crippen LogP contribution in [0.3, 0.4) is 0 Å². The first-order valence-electron chi connectivity index (χ1n) is 2.64. The molecular weight excluding hydrogens is 100 g/mol. The lowest BCUT2D eigenvalue weighted by Gasteiger charge is -2.00. The Kier molecular flexibility index (Phi) is 3.94. The van der Waals surface area contributed by atoms with E-state index in [-0.39, 0.29) is 0 Å². The fraction of sp³-hybridized carbons (Fsp3) is 0.500. The lowest BCUT2D eigenvalue weighted by Crippen LogP contribution is -2.14. The molecule has 2 nitrogen and oxygen atoms in total. The van der Waals surface area contributed by atoms with Crippen LogP contribution in [-0.4, -0.2) is 12.8 Å². The Morgan fingerprint density at radius 2 is 2.25 bits per heavy atom. The minimum atomic E-state index is 0.480.